The Labute approximate surface area is 103 Å². The lowest BCUT2D eigenvalue weighted by Crippen LogP contribution is -2.00. The van der Waals surface area contributed by atoms with Crippen LogP contribution in [0.5, 0.6) is 5.75 Å². The summed E-state index contributed by atoms with van der Waals surface area (Å²) in [6, 6.07) is 4.30. The van der Waals surface area contributed by atoms with Gasteiger partial charge < -0.3 is 14.4 Å². The first-order valence-electron chi connectivity index (χ1n) is 5.46. The number of hydrogen-bond donors (Lipinski definition) is 1. The number of aliphatic hydroxyl groups excluding tert-OH is 1. The summed E-state index contributed by atoms with van der Waals surface area (Å²) in [7, 11) is 0. The maximum Gasteiger partial charge on any atom is 0.223 e. The standard InChI is InChI=1S/C12H13FN2O3/c1-7(16)9-3-4-11(10(13)5-9)17-6-12-14-8(2)18-15-12/h3-5,7,16H,6H2,1-2H3/t7-/m0/s1. The van der Waals surface area contributed by atoms with E-state index < -0.39 is 11.9 Å². The first-order valence-corrected chi connectivity index (χ1v) is 5.46. The fraction of sp³-hybridized carbons (Fsp3) is 0.333. The Morgan fingerprint density at radius 1 is 1.50 bits per heavy atom. The van der Waals surface area contributed by atoms with Crippen molar-refractivity contribution in [3.05, 3.63) is 41.3 Å². The topological polar surface area (TPSA) is 68.4 Å². The minimum Gasteiger partial charge on any atom is -0.482 e. The Balaban J connectivity index is 2.05. The molecule has 0 aliphatic carbocycles. The third-order valence-electron chi connectivity index (χ3n) is 2.36. The fourth-order valence-corrected chi connectivity index (χ4v) is 1.44. The van der Waals surface area contributed by atoms with E-state index in [1.165, 1.54) is 12.1 Å². The predicted molar refractivity (Wildman–Crippen MR) is 60.4 cm³/mol. The van der Waals surface area contributed by atoms with Gasteiger partial charge in [-0.2, -0.15) is 4.98 Å². The van der Waals surface area contributed by atoms with Crippen molar-refractivity contribution in [3.8, 4) is 5.75 Å². The van der Waals surface area contributed by atoms with Crippen molar-refractivity contribution in [1.82, 2.24) is 10.1 Å². The van der Waals surface area contributed by atoms with Crippen molar-refractivity contribution in [2.75, 3.05) is 0 Å². The lowest BCUT2D eigenvalue weighted by Gasteiger charge is -2.08. The smallest absolute Gasteiger partial charge is 0.223 e. The van der Waals surface area contributed by atoms with E-state index in [0.29, 0.717) is 17.3 Å². The molecule has 1 heterocycles. The summed E-state index contributed by atoms with van der Waals surface area (Å²) in [5, 5.41) is 12.9. The number of nitrogens with zero attached hydrogens (tertiary/aromatic N) is 2. The summed E-state index contributed by atoms with van der Waals surface area (Å²) in [6.45, 7) is 3.26. The maximum atomic E-state index is 13.6. The zero-order valence-corrected chi connectivity index (χ0v) is 10.1. The van der Waals surface area contributed by atoms with Crippen LogP contribution in [0.3, 0.4) is 0 Å². The number of rotatable bonds is 4. The maximum absolute atomic E-state index is 13.6. The van der Waals surface area contributed by atoms with Crippen LogP contribution in [-0.4, -0.2) is 15.2 Å². The molecule has 0 saturated carbocycles. The van der Waals surface area contributed by atoms with Crippen molar-refractivity contribution in [3.63, 3.8) is 0 Å². The second-order valence-electron chi connectivity index (χ2n) is 3.88. The Kier molecular flexibility index (Phi) is 3.57. The number of ether oxygens (including phenoxy) is 1. The van der Waals surface area contributed by atoms with Gasteiger partial charge >= 0.3 is 0 Å². The van der Waals surface area contributed by atoms with E-state index in [1.807, 2.05) is 0 Å². The van der Waals surface area contributed by atoms with Gasteiger partial charge in [-0.3, -0.25) is 0 Å². The molecule has 2 rings (SSSR count). The van der Waals surface area contributed by atoms with Crippen molar-refractivity contribution >= 4 is 0 Å². The van der Waals surface area contributed by atoms with Crippen LogP contribution >= 0.6 is 0 Å². The molecule has 0 aliphatic rings. The highest BCUT2D eigenvalue weighted by molar-refractivity contribution is 5.30. The normalized spacial score (nSPS) is 12.4. The van der Waals surface area contributed by atoms with Crippen LogP contribution in [0, 0.1) is 12.7 Å². The number of benzene rings is 1. The first kappa shape index (κ1) is 12.5. The largest absolute Gasteiger partial charge is 0.482 e. The first-order chi connectivity index (χ1) is 8.56. The Bertz CT molecular complexity index is 540. The molecule has 1 aromatic carbocycles. The third kappa shape index (κ3) is 2.84. The van der Waals surface area contributed by atoms with E-state index in [4.69, 9.17) is 9.26 Å². The average molecular weight is 252 g/mol. The molecule has 0 aliphatic heterocycles. The van der Waals surface area contributed by atoms with Gasteiger partial charge in [0, 0.05) is 6.92 Å². The van der Waals surface area contributed by atoms with Gasteiger partial charge in [0.2, 0.25) is 11.7 Å². The van der Waals surface area contributed by atoms with Crippen LogP contribution < -0.4 is 4.74 Å². The predicted octanol–water partition coefficient (Wildman–Crippen LogP) is 2.15. The number of aromatic nitrogens is 2. The summed E-state index contributed by atoms with van der Waals surface area (Å²) in [5.74, 6) is 0.334. The molecular weight excluding hydrogens is 239 g/mol. The van der Waals surface area contributed by atoms with Gasteiger partial charge in [-0.05, 0) is 24.6 Å². The van der Waals surface area contributed by atoms with Crippen LogP contribution in [-0.2, 0) is 6.61 Å². The average Bonchev–Trinajstić information content (AvgIpc) is 2.73. The molecular formula is C12H13FN2O3. The summed E-state index contributed by atoms with van der Waals surface area (Å²) in [5.41, 5.74) is 0.496. The van der Waals surface area contributed by atoms with E-state index >= 15 is 0 Å². The molecule has 6 heteroatoms. The molecule has 5 nitrogen and oxygen atoms in total. The molecule has 1 atom stereocenters. The zero-order chi connectivity index (χ0) is 13.1. The number of hydrogen-bond acceptors (Lipinski definition) is 5. The Morgan fingerprint density at radius 3 is 2.83 bits per heavy atom. The summed E-state index contributed by atoms with van der Waals surface area (Å²) >= 11 is 0. The van der Waals surface area contributed by atoms with Gasteiger partial charge in [0.15, 0.2) is 18.2 Å². The molecule has 0 radical (unpaired) electrons. The zero-order valence-electron chi connectivity index (χ0n) is 10.1. The summed E-state index contributed by atoms with van der Waals surface area (Å²) in [6.07, 6.45) is -0.714. The van der Waals surface area contributed by atoms with Crippen molar-refractivity contribution in [2.24, 2.45) is 0 Å². The highest BCUT2D eigenvalue weighted by Crippen LogP contribution is 2.22. The monoisotopic (exact) mass is 252 g/mol. The van der Waals surface area contributed by atoms with E-state index in [2.05, 4.69) is 10.1 Å². The second-order valence-corrected chi connectivity index (χ2v) is 3.88. The molecule has 2 aromatic rings. The quantitative estimate of drug-likeness (QED) is 0.902. The van der Waals surface area contributed by atoms with Crippen LogP contribution in [0.15, 0.2) is 22.7 Å². The SMILES string of the molecule is Cc1nc(COc2ccc([C@H](C)O)cc2F)no1. The molecule has 0 amide bonds. The van der Waals surface area contributed by atoms with Crippen LogP contribution in [0.4, 0.5) is 4.39 Å². The van der Waals surface area contributed by atoms with Gasteiger partial charge in [0.25, 0.3) is 0 Å². The summed E-state index contributed by atoms with van der Waals surface area (Å²) in [4.78, 5) is 3.94. The molecule has 0 unspecified atom stereocenters. The van der Waals surface area contributed by atoms with Crippen molar-refractivity contribution in [1.29, 1.82) is 0 Å². The number of aliphatic hydroxyl groups is 1. The van der Waals surface area contributed by atoms with E-state index in [0.717, 1.165) is 0 Å². The molecule has 0 saturated heterocycles. The van der Waals surface area contributed by atoms with Crippen LogP contribution in [0.2, 0.25) is 0 Å². The van der Waals surface area contributed by atoms with Crippen LogP contribution in [0.25, 0.3) is 0 Å². The molecule has 1 N–H and O–H groups in total. The molecule has 0 fully saturated rings. The number of halogens is 1. The third-order valence-corrected chi connectivity index (χ3v) is 2.36. The van der Waals surface area contributed by atoms with E-state index in [-0.39, 0.29) is 12.4 Å². The summed E-state index contributed by atoms with van der Waals surface area (Å²) < 4.78 is 23.6. The minimum atomic E-state index is -0.714. The van der Waals surface area contributed by atoms with Gasteiger partial charge in [0.05, 0.1) is 6.10 Å². The van der Waals surface area contributed by atoms with Crippen molar-refractivity contribution in [2.45, 2.75) is 26.6 Å². The molecule has 96 valence electrons. The molecule has 0 bridgehead atoms. The number of aryl methyl sites for hydroxylation is 1. The van der Waals surface area contributed by atoms with Crippen molar-refractivity contribution < 1.29 is 18.8 Å². The molecule has 1 aromatic heterocycles. The second kappa shape index (κ2) is 5.14. The highest BCUT2D eigenvalue weighted by atomic mass is 19.1. The lowest BCUT2D eigenvalue weighted by atomic mass is 10.1. The molecule has 0 spiro atoms. The van der Waals surface area contributed by atoms with Gasteiger partial charge in [-0.25, -0.2) is 4.39 Å². The highest BCUT2D eigenvalue weighted by Gasteiger charge is 2.09. The van der Waals surface area contributed by atoms with Crippen LogP contribution in [0.1, 0.15) is 30.3 Å². The van der Waals surface area contributed by atoms with Gasteiger partial charge in [0.1, 0.15) is 0 Å². The minimum absolute atomic E-state index is 0.0300. The van der Waals surface area contributed by atoms with E-state index in [9.17, 15) is 9.50 Å². The Hall–Kier alpha value is -1.95. The Morgan fingerprint density at radius 2 is 2.28 bits per heavy atom. The fourth-order valence-electron chi connectivity index (χ4n) is 1.44. The van der Waals surface area contributed by atoms with E-state index in [1.54, 1.807) is 19.9 Å². The van der Waals surface area contributed by atoms with Gasteiger partial charge in [-0.1, -0.05) is 11.2 Å². The lowest BCUT2D eigenvalue weighted by molar-refractivity contribution is 0.198. The van der Waals surface area contributed by atoms with Gasteiger partial charge in [-0.15, -0.1) is 0 Å². The molecule has 18 heavy (non-hydrogen) atoms.